The quantitative estimate of drug-likeness (QED) is 0.763. The molecule has 0 fully saturated rings. The standard InChI is InChI=1S/C20H20N2O2/c1-12(2)16-8-17(19(23)18-9-21-24-20(16)18)13(3)22-10-14-6-4-5-7-15(14)11-22/h4-9,12,23H,3,10-11H2,1-2H3. The number of hydrogen-bond acceptors (Lipinski definition) is 4. The molecule has 0 atom stereocenters. The molecule has 0 aliphatic carbocycles. The number of rotatable bonds is 3. The summed E-state index contributed by atoms with van der Waals surface area (Å²) in [7, 11) is 0. The van der Waals surface area contributed by atoms with Gasteiger partial charge in [-0.05, 0) is 23.1 Å². The summed E-state index contributed by atoms with van der Waals surface area (Å²) in [6.45, 7) is 10.1. The summed E-state index contributed by atoms with van der Waals surface area (Å²) in [6.07, 6.45) is 1.58. The van der Waals surface area contributed by atoms with E-state index < -0.39 is 0 Å². The van der Waals surface area contributed by atoms with Crippen molar-refractivity contribution in [3.8, 4) is 5.75 Å². The van der Waals surface area contributed by atoms with Crippen LogP contribution in [0.5, 0.6) is 5.75 Å². The highest BCUT2D eigenvalue weighted by molar-refractivity contribution is 5.91. The van der Waals surface area contributed by atoms with E-state index in [1.807, 2.05) is 6.07 Å². The topological polar surface area (TPSA) is 49.5 Å². The van der Waals surface area contributed by atoms with Crippen molar-refractivity contribution in [2.75, 3.05) is 0 Å². The molecular weight excluding hydrogens is 300 g/mol. The number of aromatic hydroxyl groups is 1. The Balaban J connectivity index is 1.77. The van der Waals surface area contributed by atoms with Crippen LogP contribution in [0, 0.1) is 0 Å². The number of benzene rings is 2. The number of phenolic OH excluding ortho intramolecular Hbond substituents is 1. The van der Waals surface area contributed by atoms with Gasteiger partial charge in [-0.2, -0.15) is 0 Å². The van der Waals surface area contributed by atoms with E-state index in [1.165, 1.54) is 11.1 Å². The van der Waals surface area contributed by atoms with Gasteiger partial charge >= 0.3 is 0 Å². The van der Waals surface area contributed by atoms with Crippen LogP contribution in [0.4, 0.5) is 0 Å². The first-order valence-electron chi connectivity index (χ1n) is 8.17. The first-order valence-corrected chi connectivity index (χ1v) is 8.17. The zero-order valence-corrected chi connectivity index (χ0v) is 13.9. The van der Waals surface area contributed by atoms with Gasteiger partial charge in [0.05, 0.1) is 11.6 Å². The van der Waals surface area contributed by atoms with Gasteiger partial charge < -0.3 is 14.5 Å². The Hall–Kier alpha value is -2.75. The van der Waals surface area contributed by atoms with Crippen molar-refractivity contribution in [1.82, 2.24) is 10.1 Å². The summed E-state index contributed by atoms with van der Waals surface area (Å²) in [6, 6.07) is 10.4. The third kappa shape index (κ3) is 2.18. The van der Waals surface area contributed by atoms with E-state index in [4.69, 9.17) is 4.52 Å². The van der Waals surface area contributed by atoms with Crippen molar-refractivity contribution in [3.05, 3.63) is 65.4 Å². The summed E-state index contributed by atoms with van der Waals surface area (Å²) < 4.78 is 5.35. The largest absolute Gasteiger partial charge is 0.506 e. The van der Waals surface area contributed by atoms with E-state index in [1.54, 1.807) is 6.20 Å². The Kier molecular flexibility index (Phi) is 3.34. The molecule has 0 spiro atoms. The van der Waals surface area contributed by atoms with Crippen LogP contribution in [0.25, 0.3) is 16.7 Å². The van der Waals surface area contributed by atoms with E-state index in [-0.39, 0.29) is 11.7 Å². The number of aromatic nitrogens is 1. The third-order valence-electron chi connectivity index (χ3n) is 4.80. The highest BCUT2D eigenvalue weighted by Gasteiger charge is 2.24. The van der Waals surface area contributed by atoms with Crippen molar-refractivity contribution in [1.29, 1.82) is 0 Å². The predicted molar refractivity (Wildman–Crippen MR) is 94.5 cm³/mol. The predicted octanol–water partition coefficient (Wildman–Crippen LogP) is 4.64. The van der Waals surface area contributed by atoms with Gasteiger partial charge in [-0.1, -0.05) is 49.8 Å². The maximum Gasteiger partial charge on any atom is 0.174 e. The molecule has 1 aromatic heterocycles. The molecule has 2 aromatic carbocycles. The van der Waals surface area contributed by atoms with Gasteiger partial charge in [-0.15, -0.1) is 0 Å². The molecule has 1 aliphatic rings. The first-order chi connectivity index (χ1) is 11.6. The van der Waals surface area contributed by atoms with Crippen LogP contribution in [0.3, 0.4) is 0 Å². The summed E-state index contributed by atoms with van der Waals surface area (Å²) in [5, 5.41) is 15.2. The van der Waals surface area contributed by atoms with Crippen LogP contribution in [0.2, 0.25) is 0 Å². The fourth-order valence-electron chi connectivity index (χ4n) is 3.39. The smallest absolute Gasteiger partial charge is 0.174 e. The number of fused-ring (bicyclic) bond motifs is 2. The van der Waals surface area contributed by atoms with Crippen LogP contribution >= 0.6 is 0 Å². The molecule has 0 bridgehead atoms. The Labute approximate surface area is 141 Å². The van der Waals surface area contributed by atoms with Crippen molar-refractivity contribution < 1.29 is 9.63 Å². The van der Waals surface area contributed by atoms with E-state index >= 15 is 0 Å². The van der Waals surface area contributed by atoms with Crippen LogP contribution in [-0.2, 0) is 13.1 Å². The second kappa shape index (κ2) is 5.41. The van der Waals surface area contributed by atoms with E-state index in [2.05, 4.69) is 54.7 Å². The highest BCUT2D eigenvalue weighted by atomic mass is 16.5. The van der Waals surface area contributed by atoms with E-state index in [9.17, 15) is 5.11 Å². The number of phenols is 1. The Bertz CT molecular complexity index is 915. The molecule has 0 saturated carbocycles. The minimum atomic E-state index is 0.191. The van der Waals surface area contributed by atoms with E-state index in [0.29, 0.717) is 11.0 Å². The molecule has 3 aromatic rings. The Morgan fingerprint density at radius 3 is 2.54 bits per heavy atom. The Morgan fingerprint density at radius 1 is 1.25 bits per heavy atom. The number of hydrogen-bond donors (Lipinski definition) is 1. The summed E-state index contributed by atoms with van der Waals surface area (Å²) in [5.74, 6) is 0.458. The van der Waals surface area contributed by atoms with Gasteiger partial charge in [0.25, 0.3) is 0 Å². The van der Waals surface area contributed by atoms with Crippen molar-refractivity contribution >= 4 is 16.7 Å². The van der Waals surface area contributed by atoms with Crippen molar-refractivity contribution in [2.24, 2.45) is 0 Å². The SMILES string of the molecule is C=C(c1cc(C(C)C)c2oncc2c1O)N1Cc2ccccc2C1. The number of nitrogens with zero attached hydrogens (tertiary/aromatic N) is 2. The van der Waals surface area contributed by atoms with Gasteiger partial charge in [-0.25, -0.2) is 0 Å². The molecule has 0 saturated heterocycles. The lowest BCUT2D eigenvalue weighted by Gasteiger charge is -2.22. The van der Waals surface area contributed by atoms with Gasteiger partial charge in [0.15, 0.2) is 5.58 Å². The van der Waals surface area contributed by atoms with Gasteiger partial charge in [-0.3, -0.25) is 0 Å². The normalized spacial score (nSPS) is 13.7. The van der Waals surface area contributed by atoms with Crippen LogP contribution in [0.1, 0.15) is 42.0 Å². The maximum absolute atomic E-state index is 10.7. The minimum absolute atomic E-state index is 0.191. The van der Waals surface area contributed by atoms with Crippen LogP contribution < -0.4 is 0 Å². The van der Waals surface area contributed by atoms with Crippen molar-refractivity contribution in [3.63, 3.8) is 0 Å². The van der Waals surface area contributed by atoms with Crippen LogP contribution in [0.15, 0.2) is 47.6 Å². The molecule has 2 heterocycles. The lowest BCUT2D eigenvalue weighted by Crippen LogP contribution is -2.14. The maximum atomic E-state index is 10.7. The summed E-state index contributed by atoms with van der Waals surface area (Å²) in [5.41, 5.74) is 5.90. The molecule has 4 heteroatoms. The summed E-state index contributed by atoms with van der Waals surface area (Å²) >= 11 is 0. The highest BCUT2D eigenvalue weighted by Crippen LogP contribution is 2.40. The van der Waals surface area contributed by atoms with Gasteiger partial charge in [0.2, 0.25) is 0 Å². The lowest BCUT2D eigenvalue weighted by molar-refractivity contribution is 0.417. The molecule has 1 aliphatic heterocycles. The summed E-state index contributed by atoms with van der Waals surface area (Å²) in [4.78, 5) is 2.20. The molecular formula is C20H20N2O2. The molecule has 4 nitrogen and oxygen atoms in total. The molecule has 0 unspecified atom stereocenters. The fourth-order valence-corrected chi connectivity index (χ4v) is 3.39. The zero-order chi connectivity index (χ0) is 16.8. The molecule has 0 amide bonds. The molecule has 0 radical (unpaired) electrons. The second-order valence-corrected chi connectivity index (χ2v) is 6.66. The first kappa shape index (κ1) is 14.8. The molecule has 4 rings (SSSR count). The zero-order valence-electron chi connectivity index (χ0n) is 13.9. The second-order valence-electron chi connectivity index (χ2n) is 6.66. The average molecular weight is 320 g/mol. The fraction of sp³-hybridized carbons (Fsp3) is 0.250. The van der Waals surface area contributed by atoms with Crippen LogP contribution in [-0.4, -0.2) is 15.2 Å². The van der Waals surface area contributed by atoms with Crippen molar-refractivity contribution in [2.45, 2.75) is 32.9 Å². The minimum Gasteiger partial charge on any atom is -0.506 e. The van der Waals surface area contributed by atoms with E-state index in [0.717, 1.165) is 29.9 Å². The molecule has 1 N–H and O–H groups in total. The van der Waals surface area contributed by atoms with Gasteiger partial charge in [0, 0.05) is 29.9 Å². The lowest BCUT2D eigenvalue weighted by atomic mass is 9.96. The average Bonchev–Trinajstić information content (AvgIpc) is 3.21. The molecule has 24 heavy (non-hydrogen) atoms. The Morgan fingerprint density at radius 2 is 1.92 bits per heavy atom. The third-order valence-corrected chi connectivity index (χ3v) is 4.80. The monoisotopic (exact) mass is 320 g/mol. The van der Waals surface area contributed by atoms with Gasteiger partial charge in [0.1, 0.15) is 5.75 Å². The molecule has 122 valence electrons.